The highest BCUT2D eigenvalue weighted by molar-refractivity contribution is 5.88. The summed E-state index contributed by atoms with van der Waals surface area (Å²) >= 11 is 0. The fraction of sp³-hybridized carbons (Fsp3) is 0.571. The molecule has 7 heteroatoms. The van der Waals surface area contributed by atoms with Crippen LogP contribution in [0.4, 0.5) is 4.79 Å². The first kappa shape index (κ1) is 15.5. The Morgan fingerprint density at radius 1 is 1.52 bits per heavy atom. The number of primary amides is 1. The fourth-order valence-corrected chi connectivity index (χ4v) is 2.59. The second-order valence-corrected chi connectivity index (χ2v) is 5.12. The topological polar surface area (TPSA) is 96.7 Å². The van der Waals surface area contributed by atoms with Crippen molar-refractivity contribution >= 4 is 11.9 Å². The van der Waals surface area contributed by atoms with Gasteiger partial charge in [-0.1, -0.05) is 0 Å². The van der Waals surface area contributed by atoms with Gasteiger partial charge < -0.3 is 26.0 Å². The number of hydrogen-bond acceptors (Lipinski definition) is 4. The van der Waals surface area contributed by atoms with Crippen LogP contribution in [0.2, 0.25) is 0 Å². The van der Waals surface area contributed by atoms with Crippen LogP contribution >= 0.6 is 0 Å². The van der Waals surface area contributed by atoms with Crippen LogP contribution in [-0.2, 0) is 9.53 Å². The van der Waals surface area contributed by atoms with Crippen LogP contribution in [-0.4, -0.2) is 49.7 Å². The molecule has 0 saturated heterocycles. The van der Waals surface area contributed by atoms with E-state index < -0.39 is 11.3 Å². The molecule has 2 aliphatic rings. The van der Waals surface area contributed by atoms with Gasteiger partial charge in [0.2, 0.25) is 5.91 Å². The molecule has 21 heavy (non-hydrogen) atoms. The molecule has 0 aliphatic carbocycles. The first-order valence-corrected chi connectivity index (χ1v) is 7.13. The van der Waals surface area contributed by atoms with Crippen molar-refractivity contribution in [3.8, 4) is 0 Å². The van der Waals surface area contributed by atoms with Crippen molar-refractivity contribution in [1.29, 1.82) is 0 Å². The molecule has 0 unspecified atom stereocenters. The average Bonchev–Trinajstić information content (AvgIpc) is 2.63. The van der Waals surface area contributed by atoms with Crippen LogP contribution in [0.3, 0.4) is 0 Å². The van der Waals surface area contributed by atoms with Gasteiger partial charge in [0.15, 0.2) is 0 Å². The summed E-state index contributed by atoms with van der Waals surface area (Å²) in [5, 5.41) is 6.03. The second kappa shape index (κ2) is 6.28. The maximum absolute atomic E-state index is 12.2. The molecule has 0 fully saturated rings. The first-order valence-electron chi connectivity index (χ1n) is 7.13. The number of carbonyl (C=O) groups is 2. The third kappa shape index (κ3) is 2.79. The summed E-state index contributed by atoms with van der Waals surface area (Å²) in [6, 6.07) is -0.261. The number of nitrogens with two attached hydrogens (primary N) is 1. The van der Waals surface area contributed by atoms with E-state index in [1.54, 1.807) is 11.1 Å². The van der Waals surface area contributed by atoms with E-state index in [1.807, 2.05) is 19.9 Å². The third-order valence-corrected chi connectivity index (χ3v) is 3.86. The molecule has 0 bridgehead atoms. The van der Waals surface area contributed by atoms with Crippen molar-refractivity contribution in [3.63, 3.8) is 0 Å². The normalized spacial score (nSPS) is 25.4. The molecule has 1 atom stereocenters. The minimum atomic E-state index is -1.05. The molecule has 116 valence electrons. The number of carbonyl (C=O) groups excluding carboxylic acids is 2. The van der Waals surface area contributed by atoms with Gasteiger partial charge in [-0.3, -0.25) is 4.79 Å². The van der Waals surface area contributed by atoms with E-state index in [0.29, 0.717) is 31.9 Å². The minimum absolute atomic E-state index is 0.144. The number of amides is 3. The zero-order valence-electron chi connectivity index (χ0n) is 12.4. The highest BCUT2D eigenvalue weighted by Crippen LogP contribution is 2.32. The highest BCUT2D eigenvalue weighted by atomic mass is 16.5. The lowest BCUT2D eigenvalue weighted by atomic mass is 9.79. The zero-order valence-corrected chi connectivity index (χ0v) is 12.4. The average molecular weight is 294 g/mol. The van der Waals surface area contributed by atoms with E-state index >= 15 is 0 Å². The minimum Gasteiger partial charge on any atom is -0.380 e. The van der Waals surface area contributed by atoms with Gasteiger partial charge in [-0.2, -0.15) is 0 Å². The van der Waals surface area contributed by atoms with Crippen molar-refractivity contribution in [2.24, 2.45) is 11.1 Å². The Morgan fingerprint density at radius 2 is 2.29 bits per heavy atom. The largest absolute Gasteiger partial charge is 0.380 e. The Labute approximate surface area is 124 Å². The van der Waals surface area contributed by atoms with Crippen molar-refractivity contribution in [2.75, 3.05) is 32.8 Å². The van der Waals surface area contributed by atoms with Crippen molar-refractivity contribution < 1.29 is 14.3 Å². The zero-order chi connectivity index (χ0) is 15.5. The number of hydrogen-bond donors (Lipinski definition) is 3. The van der Waals surface area contributed by atoms with Gasteiger partial charge in [0, 0.05) is 38.1 Å². The summed E-state index contributed by atoms with van der Waals surface area (Å²) in [5.41, 5.74) is 5.99. The summed E-state index contributed by atoms with van der Waals surface area (Å²) in [4.78, 5) is 25.8. The standard InChI is InChI=1S/C14H22N4O3/c1-3-18-6-5-10-7-16-8-14(12(15)19,9-21-4-2)11(10)17-13(18)20/h5-6,16H,3-4,7-9H2,1-2H3,(H2,15,19)(H,17,20)/t14-/m1/s1. The molecule has 4 N–H and O–H groups in total. The molecular formula is C14H22N4O3. The molecule has 0 spiro atoms. The van der Waals surface area contributed by atoms with Crippen LogP contribution in [0.5, 0.6) is 0 Å². The molecule has 0 saturated carbocycles. The molecule has 7 nitrogen and oxygen atoms in total. The SMILES string of the molecule is CCOC[C@]1(C(N)=O)CNCC2=C1NC(=O)N(CC)C=C2. The molecule has 0 aromatic heterocycles. The summed E-state index contributed by atoms with van der Waals surface area (Å²) < 4.78 is 5.45. The Balaban J connectivity index is 2.42. The number of nitrogens with zero attached hydrogens (tertiary/aromatic N) is 1. The lowest BCUT2D eigenvalue weighted by Gasteiger charge is -2.37. The Bertz CT molecular complexity index is 500. The van der Waals surface area contributed by atoms with E-state index in [2.05, 4.69) is 10.6 Å². The van der Waals surface area contributed by atoms with E-state index in [1.165, 1.54) is 0 Å². The molecular weight excluding hydrogens is 272 g/mol. The maximum Gasteiger partial charge on any atom is 0.325 e. The Hall–Kier alpha value is -1.86. The lowest BCUT2D eigenvalue weighted by Crippen LogP contribution is -2.57. The lowest BCUT2D eigenvalue weighted by molar-refractivity contribution is -0.129. The van der Waals surface area contributed by atoms with Crippen molar-refractivity contribution in [3.05, 3.63) is 23.5 Å². The predicted octanol–water partition coefficient (Wildman–Crippen LogP) is -0.0893. The van der Waals surface area contributed by atoms with E-state index in [9.17, 15) is 9.59 Å². The van der Waals surface area contributed by atoms with Crippen molar-refractivity contribution in [2.45, 2.75) is 13.8 Å². The monoisotopic (exact) mass is 294 g/mol. The van der Waals surface area contributed by atoms with E-state index in [0.717, 1.165) is 5.57 Å². The fourth-order valence-electron chi connectivity index (χ4n) is 2.59. The van der Waals surface area contributed by atoms with Gasteiger partial charge in [0.1, 0.15) is 5.41 Å². The summed E-state index contributed by atoms with van der Waals surface area (Å²) in [6.07, 6.45) is 3.56. The van der Waals surface area contributed by atoms with Crippen molar-refractivity contribution in [1.82, 2.24) is 15.5 Å². The molecule has 0 aromatic carbocycles. The molecule has 0 radical (unpaired) electrons. The molecule has 2 rings (SSSR count). The summed E-state index contributed by atoms with van der Waals surface area (Å²) in [5.74, 6) is -0.505. The van der Waals surface area contributed by atoms with Gasteiger partial charge in [-0.25, -0.2) is 4.79 Å². The van der Waals surface area contributed by atoms with Gasteiger partial charge in [0.05, 0.1) is 6.61 Å². The third-order valence-electron chi connectivity index (χ3n) is 3.86. The summed E-state index contributed by atoms with van der Waals surface area (Å²) in [7, 11) is 0. The molecule has 3 amide bonds. The smallest absolute Gasteiger partial charge is 0.325 e. The molecule has 2 heterocycles. The van der Waals surface area contributed by atoms with Gasteiger partial charge >= 0.3 is 6.03 Å². The van der Waals surface area contributed by atoms with Crippen LogP contribution in [0.25, 0.3) is 0 Å². The van der Waals surface area contributed by atoms with Gasteiger partial charge in [-0.15, -0.1) is 0 Å². The van der Waals surface area contributed by atoms with E-state index in [-0.39, 0.29) is 12.6 Å². The molecule has 2 aliphatic heterocycles. The number of ether oxygens (including phenoxy) is 1. The maximum atomic E-state index is 12.2. The van der Waals surface area contributed by atoms with Gasteiger partial charge in [-0.05, 0) is 25.5 Å². The summed E-state index contributed by atoms with van der Waals surface area (Å²) in [6.45, 7) is 5.82. The van der Waals surface area contributed by atoms with Crippen LogP contribution in [0.15, 0.2) is 23.5 Å². The molecule has 0 aromatic rings. The Morgan fingerprint density at radius 3 is 2.90 bits per heavy atom. The Kier molecular flexibility index (Phi) is 4.64. The highest BCUT2D eigenvalue weighted by Gasteiger charge is 2.45. The van der Waals surface area contributed by atoms with Crippen LogP contribution in [0.1, 0.15) is 13.8 Å². The first-order chi connectivity index (χ1) is 10.0. The van der Waals surface area contributed by atoms with Crippen LogP contribution in [0, 0.1) is 5.41 Å². The second-order valence-electron chi connectivity index (χ2n) is 5.12. The number of urea groups is 1. The number of nitrogens with one attached hydrogen (secondary N) is 2. The quantitative estimate of drug-likeness (QED) is 0.660. The number of rotatable bonds is 5. The van der Waals surface area contributed by atoms with Crippen LogP contribution < -0.4 is 16.4 Å². The van der Waals surface area contributed by atoms with Gasteiger partial charge in [0.25, 0.3) is 0 Å². The van der Waals surface area contributed by atoms with E-state index in [4.69, 9.17) is 10.5 Å². The predicted molar refractivity (Wildman–Crippen MR) is 78.1 cm³/mol.